The van der Waals surface area contributed by atoms with Gasteiger partial charge in [0.2, 0.25) is 0 Å². The van der Waals surface area contributed by atoms with Gasteiger partial charge in [0, 0.05) is 55.5 Å². The average molecular weight is 556 g/mol. The number of hydrogen-bond acceptors (Lipinski definition) is 6. The fourth-order valence-electron chi connectivity index (χ4n) is 4.62. The monoisotopic (exact) mass is 555 g/mol. The largest absolute Gasteiger partial charge is 0.435 e. The molecule has 0 atom stereocenters. The number of alkyl halides is 5. The predicted octanol–water partition coefficient (Wildman–Crippen LogP) is 4.24. The highest BCUT2D eigenvalue weighted by atomic mass is 32.2. The van der Waals surface area contributed by atoms with Crippen LogP contribution in [-0.2, 0) is 32.9 Å². The number of nitrogens with one attached hydrogen (secondary N) is 1. The predicted molar refractivity (Wildman–Crippen MR) is 131 cm³/mol. The Kier molecular flexibility index (Phi) is 6.88. The van der Waals surface area contributed by atoms with Gasteiger partial charge in [0.15, 0.2) is 5.69 Å². The van der Waals surface area contributed by atoms with Crippen LogP contribution in [0.1, 0.15) is 39.6 Å². The Labute approximate surface area is 219 Å². The zero-order valence-corrected chi connectivity index (χ0v) is 21.5. The van der Waals surface area contributed by atoms with Crippen molar-refractivity contribution in [3.8, 4) is 0 Å². The van der Waals surface area contributed by atoms with Crippen LogP contribution in [0.3, 0.4) is 0 Å². The summed E-state index contributed by atoms with van der Waals surface area (Å²) >= 11 is 1.38. The molecular weight excluding hydrogens is 529 g/mol. The van der Waals surface area contributed by atoms with Crippen molar-refractivity contribution in [2.45, 2.75) is 50.0 Å². The van der Waals surface area contributed by atoms with Crippen LogP contribution in [0.4, 0.5) is 27.8 Å². The fourth-order valence-corrected chi connectivity index (χ4v) is 5.70. The van der Waals surface area contributed by atoms with E-state index < -0.39 is 24.3 Å². The van der Waals surface area contributed by atoms with Crippen molar-refractivity contribution in [2.75, 3.05) is 24.5 Å². The zero-order chi connectivity index (χ0) is 27.2. The molecule has 0 aromatic carbocycles. The van der Waals surface area contributed by atoms with Gasteiger partial charge < -0.3 is 14.8 Å². The second-order valence-corrected chi connectivity index (χ2v) is 10.6. The van der Waals surface area contributed by atoms with Crippen LogP contribution in [0.5, 0.6) is 0 Å². The maximum Gasteiger partial charge on any atom is 0.435 e. The third kappa shape index (κ3) is 5.37. The number of halogens is 5. The number of hydrogen-bond donors (Lipinski definition) is 1. The number of amides is 1. The smallest absolute Gasteiger partial charge is 0.350 e. The normalized spacial score (nSPS) is 17.6. The highest BCUT2D eigenvalue weighted by Crippen LogP contribution is 2.34. The lowest BCUT2D eigenvalue weighted by atomic mass is 10.2. The van der Waals surface area contributed by atoms with Crippen molar-refractivity contribution in [3.63, 3.8) is 0 Å². The molecule has 1 fully saturated rings. The van der Waals surface area contributed by atoms with Gasteiger partial charge in [0.05, 0.1) is 25.3 Å². The van der Waals surface area contributed by atoms with E-state index in [4.69, 9.17) is 0 Å². The highest BCUT2D eigenvalue weighted by Gasteiger charge is 2.39. The second kappa shape index (κ2) is 9.88. The molecule has 14 heteroatoms. The molecule has 1 N–H and O–H groups in total. The summed E-state index contributed by atoms with van der Waals surface area (Å²) in [7, 11) is 1.76. The molecule has 204 valence electrons. The molecule has 8 nitrogen and oxygen atoms in total. The number of carbonyl (C=O) groups is 1. The van der Waals surface area contributed by atoms with Crippen LogP contribution in [0, 0.1) is 6.92 Å². The molecule has 2 aliphatic heterocycles. The van der Waals surface area contributed by atoms with Gasteiger partial charge in [0.25, 0.3) is 11.8 Å². The molecule has 3 aromatic rings. The summed E-state index contributed by atoms with van der Waals surface area (Å²) in [5, 5.41) is 6.52. The van der Waals surface area contributed by atoms with Gasteiger partial charge in [-0.05, 0) is 37.1 Å². The molecule has 0 spiro atoms. The van der Waals surface area contributed by atoms with E-state index in [-0.39, 0.29) is 32.0 Å². The summed E-state index contributed by atoms with van der Waals surface area (Å²) in [5.41, 5.74) is 1.46. The first kappa shape index (κ1) is 26.5. The van der Waals surface area contributed by atoms with Gasteiger partial charge >= 0.3 is 6.18 Å². The second-order valence-electron chi connectivity index (χ2n) is 9.43. The lowest BCUT2D eigenvalue weighted by Crippen LogP contribution is -2.29. The Hall–Kier alpha value is -3.13. The molecule has 0 bridgehead atoms. The Balaban J connectivity index is 1.25. The van der Waals surface area contributed by atoms with Crippen LogP contribution >= 0.6 is 11.9 Å². The van der Waals surface area contributed by atoms with Crippen molar-refractivity contribution < 1.29 is 26.7 Å². The first-order chi connectivity index (χ1) is 17.9. The quantitative estimate of drug-likeness (QED) is 0.363. The molecule has 0 radical (unpaired) electrons. The number of pyridine rings is 1. The Morgan fingerprint density at radius 3 is 2.71 bits per heavy atom. The number of carbonyl (C=O) groups excluding carboxylic acids is 1. The number of nitrogens with zero attached hydrogens (tertiary/aromatic N) is 6. The number of rotatable bonds is 6. The fraction of sp³-hybridized carbons (Fsp3) is 0.458. The SMILES string of the molecule is Cc1c(SN2CCn3nc(C(F)(F)F)cc3C2)cc(C(=O)NCc2cccnc2N2CCC(F)(F)C2)n1C. The number of fused-ring (bicyclic) bond motifs is 1. The van der Waals surface area contributed by atoms with Crippen LogP contribution < -0.4 is 10.2 Å². The molecule has 1 saturated heterocycles. The van der Waals surface area contributed by atoms with E-state index in [1.165, 1.54) is 21.5 Å². The van der Waals surface area contributed by atoms with E-state index in [0.717, 1.165) is 16.7 Å². The maximum absolute atomic E-state index is 13.7. The highest BCUT2D eigenvalue weighted by molar-refractivity contribution is 7.97. The maximum atomic E-state index is 13.7. The van der Waals surface area contributed by atoms with Crippen molar-refractivity contribution in [3.05, 3.63) is 58.8 Å². The molecule has 2 aliphatic rings. The summed E-state index contributed by atoms with van der Waals surface area (Å²) in [6.45, 7) is 2.87. The molecular formula is C24H26F5N7OS. The first-order valence-corrected chi connectivity index (χ1v) is 12.8. The van der Waals surface area contributed by atoms with Crippen molar-refractivity contribution >= 4 is 23.7 Å². The summed E-state index contributed by atoms with van der Waals surface area (Å²) in [4.78, 5) is 19.7. The van der Waals surface area contributed by atoms with Gasteiger partial charge in [-0.15, -0.1) is 0 Å². The molecule has 0 unspecified atom stereocenters. The number of anilines is 1. The lowest BCUT2D eigenvalue weighted by Gasteiger charge is -2.26. The molecule has 0 aliphatic carbocycles. The van der Waals surface area contributed by atoms with Crippen LogP contribution in [0.25, 0.3) is 0 Å². The standard InChI is InChI=1S/C24H26F5N7OS/c1-15-19(38-35-8-9-36-17(13-35)10-20(32-36)24(27,28)29)11-18(33(15)2)22(37)31-12-16-4-3-6-30-21(16)34-7-5-23(25,26)14-34/h3-4,6,10-11H,5,7-9,12-14H2,1-2H3,(H,31,37). The molecule has 5 rings (SSSR count). The van der Waals surface area contributed by atoms with E-state index in [9.17, 15) is 26.7 Å². The summed E-state index contributed by atoms with van der Waals surface area (Å²) in [6, 6.07) is 6.26. The molecule has 38 heavy (non-hydrogen) atoms. The minimum atomic E-state index is -4.49. The van der Waals surface area contributed by atoms with E-state index in [1.54, 1.807) is 36.0 Å². The van der Waals surface area contributed by atoms with Gasteiger partial charge in [-0.25, -0.2) is 18.1 Å². The summed E-state index contributed by atoms with van der Waals surface area (Å²) < 4.78 is 71.6. The van der Waals surface area contributed by atoms with Crippen LogP contribution in [0.2, 0.25) is 0 Å². The average Bonchev–Trinajstić information content (AvgIpc) is 3.54. The van der Waals surface area contributed by atoms with Gasteiger partial charge in [-0.3, -0.25) is 9.48 Å². The minimum absolute atomic E-state index is 0.119. The topological polar surface area (TPSA) is 71.2 Å². The van der Waals surface area contributed by atoms with E-state index in [0.29, 0.717) is 35.9 Å². The molecule has 0 saturated carbocycles. The van der Waals surface area contributed by atoms with Gasteiger partial charge in [-0.2, -0.15) is 18.3 Å². The Morgan fingerprint density at radius 1 is 1.21 bits per heavy atom. The van der Waals surface area contributed by atoms with Gasteiger partial charge in [-0.1, -0.05) is 6.07 Å². The lowest BCUT2D eigenvalue weighted by molar-refractivity contribution is -0.141. The van der Waals surface area contributed by atoms with Crippen molar-refractivity contribution in [1.82, 2.24) is 29.0 Å². The first-order valence-electron chi connectivity index (χ1n) is 12.0. The van der Waals surface area contributed by atoms with Crippen LogP contribution in [0.15, 0.2) is 35.4 Å². The van der Waals surface area contributed by atoms with Crippen molar-refractivity contribution in [1.29, 1.82) is 0 Å². The third-order valence-electron chi connectivity index (χ3n) is 6.78. The van der Waals surface area contributed by atoms with E-state index >= 15 is 0 Å². The molecule has 5 heterocycles. The van der Waals surface area contributed by atoms with E-state index in [1.807, 2.05) is 11.2 Å². The van der Waals surface area contributed by atoms with Crippen LogP contribution in [-0.4, -0.2) is 55.1 Å². The molecule has 1 amide bonds. The zero-order valence-electron chi connectivity index (χ0n) is 20.7. The number of aromatic nitrogens is 4. The van der Waals surface area contributed by atoms with E-state index in [2.05, 4.69) is 15.4 Å². The van der Waals surface area contributed by atoms with Crippen molar-refractivity contribution in [2.24, 2.45) is 7.05 Å². The minimum Gasteiger partial charge on any atom is -0.350 e. The van der Waals surface area contributed by atoms with Gasteiger partial charge in [0.1, 0.15) is 11.5 Å². The Bertz CT molecular complexity index is 1350. The molecule has 3 aromatic heterocycles. The third-order valence-corrected chi connectivity index (χ3v) is 7.96. The summed E-state index contributed by atoms with van der Waals surface area (Å²) in [6.07, 6.45) is -3.18. The summed E-state index contributed by atoms with van der Waals surface area (Å²) in [5.74, 6) is -2.67. The Morgan fingerprint density at radius 2 is 2.00 bits per heavy atom.